The van der Waals surface area contributed by atoms with Crippen molar-refractivity contribution in [3.05, 3.63) is 47.3 Å². The predicted molar refractivity (Wildman–Crippen MR) is 88.4 cm³/mol. The van der Waals surface area contributed by atoms with Gasteiger partial charge in [0, 0.05) is 12.3 Å². The number of hydrogen-bond acceptors (Lipinski definition) is 4. The summed E-state index contributed by atoms with van der Waals surface area (Å²) in [5.41, 5.74) is 0.758. The van der Waals surface area contributed by atoms with E-state index in [2.05, 4.69) is 10.1 Å². The highest BCUT2D eigenvalue weighted by Gasteiger charge is 2.33. The van der Waals surface area contributed by atoms with Gasteiger partial charge < -0.3 is 9.64 Å². The average molecular weight is 374 g/mol. The van der Waals surface area contributed by atoms with Crippen LogP contribution in [0.25, 0.3) is 0 Å². The number of benzene rings is 1. The lowest BCUT2D eigenvalue weighted by atomic mass is 10.2. The van der Waals surface area contributed by atoms with E-state index in [1.807, 2.05) is 17.5 Å². The topological polar surface area (TPSA) is 41.6 Å². The molecule has 0 radical (unpaired) electrons. The van der Waals surface area contributed by atoms with Gasteiger partial charge in [-0.15, -0.1) is 36.3 Å². The fourth-order valence-corrected chi connectivity index (χ4v) is 4.18. The van der Waals surface area contributed by atoms with Gasteiger partial charge in [0.2, 0.25) is 0 Å². The van der Waals surface area contributed by atoms with Gasteiger partial charge in [-0.05, 0) is 35.2 Å². The molecule has 0 aliphatic carbocycles. The summed E-state index contributed by atoms with van der Waals surface area (Å²) in [5.74, 6) is 0.493. The fourth-order valence-electron chi connectivity index (χ4n) is 2.32. The number of anilines is 1. The lowest BCUT2D eigenvalue weighted by Crippen LogP contribution is -2.34. The van der Waals surface area contributed by atoms with Crippen LogP contribution in [0, 0.1) is 0 Å². The Balaban J connectivity index is 1.69. The van der Waals surface area contributed by atoms with Gasteiger partial charge in [-0.25, -0.2) is 4.79 Å². The molecule has 1 atom stereocenters. The van der Waals surface area contributed by atoms with Gasteiger partial charge in [-0.3, -0.25) is 5.32 Å². The molecule has 4 nitrogen and oxygen atoms in total. The number of hydrogen-bond donors (Lipinski definition) is 1. The lowest BCUT2D eigenvalue weighted by Gasteiger charge is -2.24. The highest BCUT2D eigenvalue weighted by atomic mass is 32.2. The van der Waals surface area contributed by atoms with Gasteiger partial charge in [0.1, 0.15) is 11.1 Å². The third-order valence-electron chi connectivity index (χ3n) is 3.30. The van der Waals surface area contributed by atoms with E-state index in [9.17, 15) is 18.0 Å². The minimum atomic E-state index is -4.71. The van der Waals surface area contributed by atoms with Crippen LogP contribution in [0.3, 0.4) is 0 Å². The van der Waals surface area contributed by atoms with E-state index in [4.69, 9.17) is 0 Å². The van der Waals surface area contributed by atoms with Crippen LogP contribution in [0.15, 0.2) is 41.8 Å². The van der Waals surface area contributed by atoms with Gasteiger partial charge in [0.05, 0.1) is 5.00 Å². The molecule has 3 rings (SSSR count). The van der Waals surface area contributed by atoms with Crippen LogP contribution in [0.5, 0.6) is 5.75 Å². The van der Waals surface area contributed by atoms with E-state index in [1.54, 1.807) is 28.8 Å². The second-order valence-electron chi connectivity index (χ2n) is 4.94. The molecule has 1 fully saturated rings. The van der Waals surface area contributed by atoms with Gasteiger partial charge in [0.15, 0.2) is 0 Å². The third-order valence-corrected chi connectivity index (χ3v) is 5.35. The summed E-state index contributed by atoms with van der Waals surface area (Å²) in [4.78, 5) is 14.1. The molecule has 1 aliphatic rings. The van der Waals surface area contributed by atoms with E-state index < -0.39 is 6.36 Å². The van der Waals surface area contributed by atoms with Gasteiger partial charge in [-0.1, -0.05) is 12.1 Å². The number of urea groups is 1. The highest BCUT2D eigenvalue weighted by Crippen LogP contribution is 2.39. The molecule has 2 heterocycles. The maximum absolute atomic E-state index is 12.4. The SMILES string of the molecule is O=C(Nc1cccs1)N1CCS[C@H]1c1ccc(OC(F)(F)F)cc1. The molecule has 2 aromatic rings. The largest absolute Gasteiger partial charge is 0.573 e. The molecular weight excluding hydrogens is 361 g/mol. The monoisotopic (exact) mass is 374 g/mol. The second kappa shape index (κ2) is 6.94. The highest BCUT2D eigenvalue weighted by molar-refractivity contribution is 7.99. The lowest BCUT2D eigenvalue weighted by molar-refractivity contribution is -0.274. The van der Waals surface area contributed by atoms with Crippen LogP contribution in [0.1, 0.15) is 10.9 Å². The molecule has 9 heteroatoms. The molecular formula is C15H13F3N2O2S2. The fraction of sp³-hybridized carbons (Fsp3) is 0.267. The number of carbonyl (C=O) groups is 1. The van der Waals surface area contributed by atoms with Crippen molar-refractivity contribution in [1.82, 2.24) is 4.90 Å². The van der Waals surface area contributed by atoms with Crippen molar-refractivity contribution < 1.29 is 22.7 Å². The van der Waals surface area contributed by atoms with E-state index in [-0.39, 0.29) is 17.2 Å². The Morgan fingerprint density at radius 3 is 2.62 bits per heavy atom. The Morgan fingerprint density at radius 2 is 2.00 bits per heavy atom. The van der Waals surface area contributed by atoms with Crippen LogP contribution in [-0.4, -0.2) is 29.6 Å². The quantitative estimate of drug-likeness (QED) is 0.829. The number of ether oxygens (including phenoxy) is 1. The zero-order valence-electron chi connectivity index (χ0n) is 12.2. The molecule has 1 aromatic carbocycles. The minimum Gasteiger partial charge on any atom is -0.406 e. The normalized spacial score (nSPS) is 17.8. The van der Waals surface area contributed by atoms with Gasteiger partial charge in [0.25, 0.3) is 0 Å². The van der Waals surface area contributed by atoms with Crippen molar-refractivity contribution in [2.75, 3.05) is 17.6 Å². The number of alkyl halides is 3. The third kappa shape index (κ3) is 4.15. The second-order valence-corrected chi connectivity index (χ2v) is 7.08. The maximum atomic E-state index is 12.4. The molecule has 0 saturated carbocycles. The molecule has 0 spiro atoms. The van der Waals surface area contributed by atoms with Crippen LogP contribution >= 0.6 is 23.1 Å². The molecule has 128 valence electrons. The number of carbonyl (C=O) groups excluding carboxylic acids is 1. The number of nitrogens with one attached hydrogen (secondary N) is 1. The Hall–Kier alpha value is -1.87. The minimum absolute atomic E-state index is 0.219. The van der Waals surface area contributed by atoms with E-state index >= 15 is 0 Å². The summed E-state index contributed by atoms with van der Waals surface area (Å²) in [5, 5.41) is 5.21. The molecule has 2 amide bonds. The van der Waals surface area contributed by atoms with Crippen molar-refractivity contribution in [2.45, 2.75) is 11.7 Å². The molecule has 0 unspecified atom stereocenters. The van der Waals surface area contributed by atoms with Crippen molar-refractivity contribution in [3.8, 4) is 5.75 Å². The Labute approximate surface area is 144 Å². The van der Waals surface area contributed by atoms with E-state index in [0.29, 0.717) is 6.54 Å². The summed E-state index contributed by atoms with van der Waals surface area (Å²) in [7, 11) is 0. The van der Waals surface area contributed by atoms with Gasteiger partial charge >= 0.3 is 12.4 Å². The zero-order chi connectivity index (χ0) is 17.2. The van der Waals surface area contributed by atoms with Crippen LogP contribution in [-0.2, 0) is 0 Å². The molecule has 24 heavy (non-hydrogen) atoms. The smallest absolute Gasteiger partial charge is 0.406 e. The molecule has 1 aliphatic heterocycles. The number of nitrogens with zero attached hydrogens (tertiary/aromatic N) is 1. The van der Waals surface area contributed by atoms with Crippen LogP contribution in [0.4, 0.5) is 23.0 Å². The number of thioether (sulfide) groups is 1. The maximum Gasteiger partial charge on any atom is 0.573 e. The Kier molecular flexibility index (Phi) is 4.91. The van der Waals surface area contributed by atoms with Crippen LogP contribution in [0.2, 0.25) is 0 Å². The number of halogens is 3. The van der Waals surface area contributed by atoms with E-state index in [1.165, 1.54) is 23.5 Å². The number of amides is 2. The molecule has 1 saturated heterocycles. The van der Waals surface area contributed by atoms with Crippen molar-refractivity contribution in [2.24, 2.45) is 0 Å². The Morgan fingerprint density at radius 1 is 1.25 bits per heavy atom. The van der Waals surface area contributed by atoms with Crippen molar-refractivity contribution >= 4 is 34.1 Å². The molecule has 1 aromatic heterocycles. The number of rotatable bonds is 3. The van der Waals surface area contributed by atoms with Gasteiger partial charge in [-0.2, -0.15) is 0 Å². The first-order chi connectivity index (χ1) is 11.4. The summed E-state index contributed by atoms with van der Waals surface area (Å²) in [6.07, 6.45) is -4.71. The Bertz CT molecular complexity index is 690. The summed E-state index contributed by atoms with van der Waals surface area (Å²) in [6.45, 7) is 0.577. The first-order valence-electron chi connectivity index (χ1n) is 7.01. The zero-order valence-corrected chi connectivity index (χ0v) is 13.9. The van der Waals surface area contributed by atoms with Crippen LogP contribution < -0.4 is 10.1 Å². The van der Waals surface area contributed by atoms with Crippen molar-refractivity contribution in [1.29, 1.82) is 0 Å². The first kappa shape index (κ1) is 17.0. The number of thiophene rings is 1. The summed E-state index contributed by atoms with van der Waals surface area (Å²) in [6, 6.07) is 9.06. The standard InChI is InChI=1S/C15H13F3N2O2S2/c16-15(17,18)22-11-5-3-10(4-6-11)13-20(7-9-24-13)14(21)19-12-2-1-8-23-12/h1-6,8,13H,7,9H2,(H,19,21)/t13-/m0/s1. The predicted octanol–water partition coefficient (Wildman–Crippen LogP) is 4.93. The van der Waals surface area contributed by atoms with Crippen molar-refractivity contribution in [3.63, 3.8) is 0 Å². The first-order valence-corrected chi connectivity index (χ1v) is 8.94. The molecule has 1 N–H and O–H groups in total. The summed E-state index contributed by atoms with van der Waals surface area (Å²) >= 11 is 2.99. The summed E-state index contributed by atoms with van der Waals surface area (Å²) < 4.78 is 40.5. The average Bonchev–Trinajstić information content (AvgIpc) is 3.17. The molecule has 0 bridgehead atoms. The van der Waals surface area contributed by atoms with E-state index in [0.717, 1.165) is 16.3 Å².